The summed E-state index contributed by atoms with van der Waals surface area (Å²) < 4.78 is 0. The molecule has 1 unspecified atom stereocenters. The first-order chi connectivity index (χ1) is 13.0. The molecular weight excluding hydrogens is 338 g/mol. The summed E-state index contributed by atoms with van der Waals surface area (Å²) >= 11 is 0. The number of carbonyl (C=O) groups is 2. The van der Waals surface area contributed by atoms with E-state index in [1.165, 1.54) is 5.56 Å². The van der Waals surface area contributed by atoms with E-state index in [1.807, 2.05) is 29.7 Å². The van der Waals surface area contributed by atoms with Crippen molar-refractivity contribution in [3.63, 3.8) is 0 Å². The third kappa shape index (κ3) is 5.72. The van der Waals surface area contributed by atoms with Gasteiger partial charge >= 0.3 is 6.03 Å². The Labute approximate surface area is 164 Å². The van der Waals surface area contributed by atoms with Crippen LogP contribution in [0.2, 0.25) is 0 Å². The predicted molar refractivity (Wildman–Crippen MR) is 110 cm³/mol. The van der Waals surface area contributed by atoms with Gasteiger partial charge in [-0.05, 0) is 38.2 Å². The number of hydrogen-bond acceptors (Lipinski definition) is 2. The maximum atomic E-state index is 12.7. The summed E-state index contributed by atoms with van der Waals surface area (Å²) in [6.45, 7) is 11.8. The summed E-state index contributed by atoms with van der Waals surface area (Å²) in [6.07, 6.45) is 1.49. The molecule has 0 radical (unpaired) electrons. The lowest BCUT2D eigenvalue weighted by molar-refractivity contribution is -0.126. The molecule has 5 nitrogen and oxygen atoms in total. The summed E-state index contributed by atoms with van der Waals surface area (Å²) in [5.74, 6) is 0.918. The number of amides is 3. The van der Waals surface area contributed by atoms with E-state index in [0.29, 0.717) is 31.5 Å². The van der Waals surface area contributed by atoms with Crippen LogP contribution in [0.3, 0.4) is 0 Å². The normalized spacial score (nSPS) is 16.3. The van der Waals surface area contributed by atoms with Crippen molar-refractivity contribution in [3.05, 3.63) is 35.9 Å². The fraction of sp³-hybridized carbons (Fsp3) is 0.636. The zero-order valence-electron chi connectivity index (χ0n) is 17.3. The molecule has 0 bridgehead atoms. The first-order valence-electron chi connectivity index (χ1n) is 10.3. The summed E-state index contributed by atoms with van der Waals surface area (Å²) in [4.78, 5) is 28.8. The van der Waals surface area contributed by atoms with Gasteiger partial charge in [0.2, 0.25) is 5.91 Å². The number of carbonyl (C=O) groups excluding carboxylic acids is 2. The quantitative estimate of drug-likeness (QED) is 0.792. The van der Waals surface area contributed by atoms with E-state index < -0.39 is 0 Å². The van der Waals surface area contributed by atoms with E-state index >= 15 is 0 Å². The van der Waals surface area contributed by atoms with Crippen LogP contribution >= 0.6 is 0 Å². The van der Waals surface area contributed by atoms with Crippen LogP contribution in [0.4, 0.5) is 4.79 Å². The number of rotatable bonds is 7. The monoisotopic (exact) mass is 373 g/mol. The molecule has 1 aromatic carbocycles. The van der Waals surface area contributed by atoms with E-state index in [-0.39, 0.29) is 17.9 Å². The van der Waals surface area contributed by atoms with E-state index in [2.05, 4.69) is 43.4 Å². The molecule has 0 aromatic heterocycles. The first kappa shape index (κ1) is 21.3. The van der Waals surface area contributed by atoms with Crippen LogP contribution in [-0.2, 0) is 4.79 Å². The molecule has 0 aliphatic carbocycles. The molecule has 150 valence electrons. The van der Waals surface area contributed by atoms with Crippen LogP contribution in [0, 0.1) is 11.8 Å². The number of nitrogens with zero attached hydrogens (tertiary/aromatic N) is 2. The van der Waals surface area contributed by atoms with Crippen molar-refractivity contribution < 1.29 is 9.59 Å². The van der Waals surface area contributed by atoms with Crippen LogP contribution in [0.5, 0.6) is 0 Å². The molecule has 5 heteroatoms. The molecule has 1 heterocycles. The van der Waals surface area contributed by atoms with Crippen molar-refractivity contribution in [3.8, 4) is 0 Å². The van der Waals surface area contributed by atoms with E-state index in [0.717, 1.165) is 25.9 Å². The molecule has 1 aromatic rings. The van der Waals surface area contributed by atoms with Gasteiger partial charge < -0.3 is 15.1 Å². The number of hydrogen-bond donors (Lipinski definition) is 1. The fourth-order valence-corrected chi connectivity index (χ4v) is 3.82. The highest BCUT2D eigenvalue weighted by molar-refractivity contribution is 5.79. The second-order valence-corrected chi connectivity index (χ2v) is 7.72. The van der Waals surface area contributed by atoms with Gasteiger partial charge in [-0.1, -0.05) is 44.2 Å². The van der Waals surface area contributed by atoms with Crippen LogP contribution in [0.25, 0.3) is 0 Å². The van der Waals surface area contributed by atoms with Gasteiger partial charge in [0.05, 0.1) is 0 Å². The van der Waals surface area contributed by atoms with E-state index in [9.17, 15) is 9.59 Å². The molecule has 1 aliphatic rings. The summed E-state index contributed by atoms with van der Waals surface area (Å²) in [5.41, 5.74) is 1.27. The van der Waals surface area contributed by atoms with E-state index in [4.69, 9.17) is 0 Å². The van der Waals surface area contributed by atoms with Crippen molar-refractivity contribution >= 4 is 11.9 Å². The lowest BCUT2D eigenvalue weighted by Gasteiger charge is -2.35. The van der Waals surface area contributed by atoms with Gasteiger partial charge in [0.25, 0.3) is 0 Å². The average molecular weight is 374 g/mol. The van der Waals surface area contributed by atoms with Crippen LogP contribution in [-0.4, -0.2) is 54.5 Å². The van der Waals surface area contributed by atoms with Crippen molar-refractivity contribution in [1.82, 2.24) is 15.1 Å². The minimum atomic E-state index is 0.00865. The Hall–Kier alpha value is -2.04. The molecule has 1 atom stereocenters. The lowest BCUT2D eigenvalue weighted by atomic mass is 9.88. The number of urea groups is 1. The molecule has 27 heavy (non-hydrogen) atoms. The predicted octanol–water partition coefficient (Wildman–Crippen LogP) is 3.72. The maximum Gasteiger partial charge on any atom is 0.319 e. The summed E-state index contributed by atoms with van der Waals surface area (Å²) in [7, 11) is 0. The van der Waals surface area contributed by atoms with Crippen molar-refractivity contribution in [2.45, 2.75) is 46.5 Å². The largest absolute Gasteiger partial charge is 0.355 e. The third-order valence-electron chi connectivity index (χ3n) is 5.70. The summed E-state index contributed by atoms with van der Waals surface area (Å²) in [5, 5.41) is 3.17. The van der Waals surface area contributed by atoms with Gasteiger partial charge in [-0.2, -0.15) is 0 Å². The molecule has 2 rings (SSSR count). The van der Waals surface area contributed by atoms with Crippen LogP contribution in [0.1, 0.15) is 52.0 Å². The van der Waals surface area contributed by atoms with Gasteiger partial charge in [-0.15, -0.1) is 0 Å². The fourth-order valence-electron chi connectivity index (χ4n) is 3.82. The topological polar surface area (TPSA) is 52.7 Å². The second kappa shape index (κ2) is 10.3. The Kier molecular flexibility index (Phi) is 8.14. The van der Waals surface area contributed by atoms with Gasteiger partial charge in [0.1, 0.15) is 0 Å². The Bertz CT molecular complexity index is 591. The lowest BCUT2D eigenvalue weighted by Crippen LogP contribution is -2.48. The van der Waals surface area contributed by atoms with E-state index in [1.54, 1.807) is 0 Å². The molecule has 3 amide bonds. The first-order valence-corrected chi connectivity index (χ1v) is 10.3. The Balaban J connectivity index is 1.84. The molecule has 1 N–H and O–H groups in total. The highest BCUT2D eigenvalue weighted by Crippen LogP contribution is 2.24. The molecule has 1 aliphatic heterocycles. The SMILES string of the molecule is CCN(CC)C(=O)N1CCC(C(=O)NCC(c2ccccc2)C(C)C)CC1. The Morgan fingerprint density at radius 1 is 1.11 bits per heavy atom. The summed E-state index contributed by atoms with van der Waals surface area (Å²) in [6, 6.07) is 10.5. The Morgan fingerprint density at radius 3 is 2.22 bits per heavy atom. The van der Waals surface area contributed by atoms with Crippen molar-refractivity contribution in [2.75, 3.05) is 32.7 Å². The molecular formula is C22H35N3O2. The molecule has 0 saturated carbocycles. The van der Waals surface area contributed by atoms with Gasteiger partial charge in [-0.3, -0.25) is 4.79 Å². The standard InChI is InChI=1S/C22H35N3O2/c1-5-24(6-2)22(27)25-14-12-19(13-15-25)21(26)23-16-20(17(3)4)18-10-8-7-9-11-18/h7-11,17,19-20H,5-6,12-16H2,1-4H3,(H,23,26). The maximum absolute atomic E-state index is 12.7. The highest BCUT2D eigenvalue weighted by atomic mass is 16.2. The third-order valence-corrected chi connectivity index (χ3v) is 5.70. The van der Waals surface area contributed by atoms with Crippen molar-refractivity contribution in [2.24, 2.45) is 11.8 Å². The molecule has 0 spiro atoms. The number of likely N-dealkylation sites (tertiary alicyclic amines) is 1. The zero-order chi connectivity index (χ0) is 19.8. The molecule has 1 fully saturated rings. The molecule has 1 saturated heterocycles. The number of piperidine rings is 1. The Morgan fingerprint density at radius 2 is 1.70 bits per heavy atom. The number of nitrogens with one attached hydrogen (secondary N) is 1. The van der Waals surface area contributed by atoms with Gasteiger partial charge in [0, 0.05) is 44.6 Å². The second-order valence-electron chi connectivity index (χ2n) is 7.72. The van der Waals surface area contributed by atoms with Gasteiger partial charge in [-0.25, -0.2) is 4.79 Å². The minimum absolute atomic E-state index is 0.00865. The smallest absolute Gasteiger partial charge is 0.319 e. The van der Waals surface area contributed by atoms with Gasteiger partial charge in [0.15, 0.2) is 0 Å². The number of benzene rings is 1. The highest BCUT2D eigenvalue weighted by Gasteiger charge is 2.29. The average Bonchev–Trinajstić information content (AvgIpc) is 2.69. The minimum Gasteiger partial charge on any atom is -0.355 e. The zero-order valence-corrected chi connectivity index (χ0v) is 17.3. The van der Waals surface area contributed by atoms with Crippen molar-refractivity contribution in [1.29, 1.82) is 0 Å². The van der Waals surface area contributed by atoms with Crippen LogP contribution in [0.15, 0.2) is 30.3 Å². The van der Waals surface area contributed by atoms with Crippen LogP contribution < -0.4 is 5.32 Å².